The molecule has 3 rings (SSSR count). The van der Waals surface area contributed by atoms with E-state index in [2.05, 4.69) is 6.07 Å². The van der Waals surface area contributed by atoms with Crippen molar-refractivity contribution in [2.75, 3.05) is 13.2 Å². The van der Waals surface area contributed by atoms with Gasteiger partial charge < -0.3 is 14.4 Å². The van der Waals surface area contributed by atoms with Gasteiger partial charge in [-0.3, -0.25) is 4.79 Å². The Morgan fingerprint density at radius 2 is 1.68 bits per heavy atom. The molecule has 3 aromatic carbocycles. The van der Waals surface area contributed by atoms with Gasteiger partial charge in [-0.2, -0.15) is 0 Å². The number of amides is 1. The first-order valence-corrected chi connectivity index (χ1v) is 11.8. The molecule has 0 saturated heterocycles. The number of esters is 1. The summed E-state index contributed by atoms with van der Waals surface area (Å²) in [4.78, 5) is 26.5. The molecule has 0 atom stereocenters. The number of carbonyl (C=O) groups is 2. The molecule has 0 aliphatic heterocycles. The molecule has 0 aliphatic carbocycles. The molecule has 178 valence electrons. The van der Waals surface area contributed by atoms with E-state index >= 15 is 0 Å². The molecule has 0 aromatic heterocycles. The third-order valence-corrected chi connectivity index (χ3v) is 5.61. The highest BCUT2D eigenvalue weighted by atomic mass is 35.5. The zero-order valence-corrected chi connectivity index (χ0v) is 20.6. The zero-order valence-electron chi connectivity index (χ0n) is 19.8. The predicted octanol–water partition coefficient (Wildman–Crippen LogP) is 6.58. The summed E-state index contributed by atoms with van der Waals surface area (Å²) in [6.07, 6.45) is -0.219. The molecule has 0 heterocycles. The van der Waals surface area contributed by atoms with Gasteiger partial charge in [0.1, 0.15) is 6.61 Å². The minimum Gasteiger partial charge on any atom is -0.466 e. The number of rotatable bonds is 9. The van der Waals surface area contributed by atoms with Gasteiger partial charge in [-0.05, 0) is 60.7 Å². The molecule has 34 heavy (non-hydrogen) atoms. The molecule has 0 unspecified atom stereocenters. The van der Waals surface area contributed by atoms with E-state index in [1.807, 2.05) is 68.4 Å². The third kappa shape index (κ3) is 7.09. The van der Waals surface area contributed by atoms with Crippen LogP contribution in [0.5, 0.6) is 0 Å². The van der Waals surface area contributed by atoms with E-state index in [0.717, 1.165) is 33.4 Å². The van der Waals surface area contributed by atoms with Crippen LogP contribution in [0, 0.1) is 6.92 Å². The molecular formula is C28H30ClNO4. The van der Waals surface area contributed by atoms with Crippen LogP contribution in [0.4, 0.5) is 4.79 Å². The molecule has 5 nitrogen and oxygen atoms in total. The number of hydrogen-bond donors (Lipinski definition) is 0. The predicted molar refractivity (Wildman–Crippen MR) is 135 cm³/mol. The quantitative estimate of drug-likeness (QED) is 0.325. The van der Waals surface area contributed by atoms with Crippen LogP contribution < -0.4 is 0 Å². The molecule has 0 spiro atoms. The standard InChI is InChI=1S/C28H30ClNO4/c1-4-30(28(32)34-19-21-9-7-6-8-10-21)18-24-13-20(3)11-12-26(24)23-14-22(15-25(29)17-23)16-27(31)33-5-2/h6-15,17H,4-5,16,18-19H2,1-3H3. The van der Waals surface area contributed by atoms with E-state index in [-0.39, 0.29) is 25.1 Å². The summed E-state index contributed by atoms with van der Waals surface area (Å²) in [6, 6.07) is 21.3. The number of carbonyl (C=O) groups excluding carboxylic acids is 2. The highest BCUT2D eigenvalue weighted by molar-refractivity contribution is 6.31. The number of aryl methyl sites for hydroxylation is 1. The lowest BCUT2D eigenvalue weighted by atomic mass is 9.95. The maximum absolute atomic E-state index is 12.8. The minimum atomic E-state index is -0.368. The van der Waals surface area contributed by atoms with E-state index in [4.69, 9.17) is 21.1 Å². The van der Waals surface area contributed by atoms with Crippen molar-refractivity contribution in [2.45, 2.75) is 40.3 Å². The summed E-state index contributed by atoms with van der Waals surface area (Å²) in [5.74, 6) is -0.293. The molecule has 0 fully saturated rings. The Labute approximate surface area is 206 Å². The number of ether oxygens (including phenoxy) is 2. The van der Waals surface area contributed by atoms with E-state index < -0.39 is 0 Å². The minimum absolute atomic E-state index is 0.148. The van der Waals surface area contributed by atoms with Crippen molar-refractivity contribution in [1.29, 1.82) is 0 Å². The van der Waals surface area contributed by atoms with Crippen LogP contribution in [-0.2, 0) is 33.8 Å². The summed E-state index contributed by atoms with van der Waals surface area (Å²) < 4.78 is 10.6. The Morgan fingerprint density at radius 3 is 2.38 bits per heavy atom. The Bertz CT molecular complexity index is 1130. The van der Waals surface area contributed by atoms with Crippen molar-refractivity contribution in [3.05, 3.63) is 94.0 Å². The van der Waals surface area contributed by atoms with Gasteiger partial charge in [-0.15, -0.1) is 0 Å². The Hall–Kier alpha value is -3.31. The van der Waals surface area contributed by atoms with Gasteiger partial charge in [-0.1, -0.05) is 71.8 Å². The third-order valence-electron chi connectivity index (χ3n) is 5.39. The van der Waals surface area contributed by atoms with Crippen LogP contribution >= 0.6 is 11.6 Å². The number of halogens is 1. The lowest BCUT2D eigenvalue weighted by Crippen LogP contribution is -2.31. The SMILES string of the molecule is CCOC(=O)Cc1cc(Cl)cc(-c2ccc(C)cc2CN(CC)C(=O)OCc2ccccc2)c1. The molecule has 0 radical (unpaired) electrons. The van der Waals surface area contributed by atoms with Gasteiger partial charge in [0.05, 0.1) is 13.0 Å². The van der Waals surface area contributed by atoms with E-state index in [0.29, 0.717) is 24.7 Å². The lowest BCUT2D eigenvalue weighted by Gasteiger charge is -2.23. The van der Waals surface area contributed by atoms with E-state index in [9.17, 15) is 9.59 Å². The fourth-order valence-corrected chi connectivity index (χ4v) is 4.00. The fraction of sp³-hybridized carbons (Fsp3) is 0.286. The molecular weight excluding hydrogens is 450 g/mol. The molecule has 6 heteroatoms. The van der Waals surface area contributed by atoms with Gasteiger partial charge >= 0.3 is 12.1 Å². The topological polar surface area (TPSA) is 55.8 Å². The molecule has 0 bridgehead atoms. The molecule has 0 aliphatic rings. The number of nitrogens with zero attached hydrogens (tertiary/aromatic N) is 1. The summed E-state index contributed by atoms with van der Waals surface area (Å²) in [7, 11) is 0. The Kier molecular flexibility index (Phi) is 9.11. The summed E-state index contributed by atoms with van der Waals surface area (Å²) in [5.41, 5.74) is 5.62. The van der Waals surface area contributed by atoms with Crippen LogP contribution in [0.25, 0.3) is 11.1 Å². The second-order valence-corrected chi connectivity index (χ2v) is 8.48. The lowest BCUT2D eigenvalue weighted by molar-refractivity contribution is -0.142. The van der Waals surface area contributed by atoms with E-state index in [1.54, 1.807) is 17.9 Å². The highest BCUT2D eigenvalue weighted by Gasteiger charge is 2.17. The average molecular weight is 480 g/mol. The van der Waals surface area contributed by atoms with Crippen LogP contribution in [-0.4, -0.2) is 30.1 Å². The van der Waals surface area contributed by atoms with Gasteiger partial charge in [0.15, 0.2) is 0 Å². The molecule has 0 saturated carbocycles. The first kappa shape index (κ1) is 25.3. The summed E-state index contributed by atoms with van der Waals surface area (Å²) >= 11 is 6.39. The van der Waals surface area contributed by atoms with Crippen LogP contribution in [0.1, 0.15) is 36.1 Å². The number of hydrogen-bond acceptors (Lipinski definition) is 4. The maximum atomic E-state index is 12.8. The van der Waals surface area contributed by atoms with Gasteiger partial charge in [0.2, 0.25) is 0 Å². The first-order valence-electron chi connectivity index (χ1n) is 11.4. The van der Waals surface area contributed by atoms with Crippen molar-refractivity contribution in [2.24, 2.45) is 0 Å². The van der Waals surface area contributed by atoms with Crippen molar-refractivity contribution in [3.8, 4) is 11.1 Å². The number of benzene rings is 3. The van der Waals surface area contributed by atoms with Gasteiger partial charge in [0, 0.05) is 18.1 Å². The summed E-state index contributed by atoms with van der Waals surface area (Å²) in [6.45, 7) is 7.18. The van der Waals surface area contributed by atoms with Gasteiger partial charge in [-0.25, -0.2) is 4.79 Å². The second-order valence-electron chi connectivity index (χ2n) is 8.04. The van der Waals surface area contributed by atoms with Crippen LogP contribution in [0.2, 0.25) is 5.02 Å². The van der Waals surface area contributed by atoms with Crippen molar-refractivity contribution in [1.82, 2.24) is 4.90 Å². The highest BCUT2D eigenvalue weighted by Crippen LogP contribution is 2.30. The normalized spacial score (nSPS) is 10.6. The molecule has 1 amide bonds. The monoisotopic (exact) mass is 479 g/mol. The van der Waals surface area contributed by atoms with Crippen LogP contribution in [0.15, 0.2) is 66.7 Å². The van der Waals surface area contributed by atoms with Crippen LogP contribution in [0.3, 0.4) is 0 Å². The average Bonchev–Trinajstić information content (AvgIpc) is 2.81. The summed E-state index contributed by atoms with van der Waals surface area (Å²) in [5, 5.41) is 0.540. The van der Waals surface area contributed by atoms with Gasteiger partial charge in [0.25, 0.3) is 0 Å². The smallest absolute Gasteiger partial charge is 0.410 e. The first-order chi connectivity index (χ1) is 16.4. The van der Waals surface area contributed by atoms with Crippen molar-refractivity contribution < 1.29 is 19.1 Å². The molecule has 3 aromatic rings. The Morgan fingerprint density at radius 1 is 0.912 bits per heavy atom. The fourth-order valence-electron chi connectivity index (χ4n) is 3.74. The van der Waals surface area contributed by atoms with E-state index in [1.165, 1.54) is 0 Å². The largest absolute Gasteiger partial charge is 0.466 e. The maximum Gasteiger partial charge on any atom is 0.410 e. The van der Waals surface area contributed by atoms with Crippen molar-refractivity contribution >= 4 is 23.7 Å². The zero-order chi connectivity index (χ0) is 24.5. The second kappa shape index (κ2) is 12.2. The van der Waals surface area contributed by atoms with Crippen molar-refractivity contribution in [3.63, 3.8) is 0 Å². The molecule has 0 N–H and O–H groups in total. The Balaban J connectivity index is 1.83.